The molecule has 154 valence electrons. The Bertz CT molecular complexity index is 963. The van der Waals surface area contributed by atoms with E-state index >= 15 is 0 Å². The van der Waals surface area contributed by atoms with Crippen LogP contribution in [0.3, 0.4) is 0 Å². The number of rotatable bonds is 6. The Hall–Kier alpha value is -2.37. The van der Waals surface area contributed by atoms with E-state index in [0.29, 0.717) is 13.0 Å². The molecule has 0 saturated carbocycles. The number of esters is 1. The van der Waals surface area contributed by atoms with Crippen molar-refractivity contribution < 1.29 is 23.9 Å². The van der Waals surface area contributed by atoms with Gasteiger partial charge in [0.15, 0.2) is 0 Å². The number of benzene rings is 3. The third-order valence-electron chi connectivity index (χ3n) is 3.97. The fraction of sp³-hybridized carbons (Fsp3) is 0.190. The van der Waals surface area contributed by atoms with Crippen LogP contribution < -0.4 is 5.32 Å². The second-order valence-corrected chi connectivity index (χ2v) is 8.41. The molecule has 1 atom stereocenters. The summed E-state index contributed by atoms with van der Waals surface area (Å²) >= 11 is 4.20. The molecule has 0 aliphatic heterocycles. The second-order valence-electron chi connectivity index (χ2n) is 6.14. The fourth-order valence-electron chi connectivity index (χ4n) is 2.82. The summed E-state index contributed by atoms with van der Waals surface area (Å²) in [6, 6.07) is 23.8. The van der Waals surface area contributed by atoms with E-state index in [1.165, 1.54) is 0 Å². The van der Waals surface area contributed by atoms with Gasteiger partial charge >= 0.3 is 12.9 Å². The van der Waals surface area contributed by atoms with Gasteiger partial charge in [-0.2, -0.15) is 0 Å². The molecule has 3 aromatic carbocycles. The van der Waals surface area contributed by atoms with E-state index in [1.807, 2.05) is 61.5 Å². The van der Waals surface area contributed by atoms with Crippen molar-refractivity contribution in [1.82, 2.24) is 0 Å². The van der Waals surface area contributed by atoms with Crippen LogP contribution in [0.1, 0.15) is 12.5 Å². The zero-order chi connectivity index (χ0) is 21.3. The smallest absolute Gasteiger partial charge is 0.419 e. The van der Waals surface area contributed by atoms with Crippen LogP contribution >= 0.6 is 18.2 Å². The predicted molar refractivity (Wildman–Crippen MR) is 116 cm³/mol. The van der Waals surface area contributed by atoms with Crippen LogP contribution in [0, 0.1) is 0 Å². The highest BCUT2D eigenvalue weighted by Gasteiger charge is 2.20. The molecular formula is C21H23ClNO5P. The fourth-order valence-corrected chi connectivity index (χ4v) is 2.82. The molecule has 3 rings (SSSR count). The van der Waals surface area contributed by atoms with Crippen molar-refractivity contribution in [2.45, 2.75) is 19.4 Å². The van der Waals surface area contributed by atoms with Gasteiger partial charge in [-0.15, -0.1) is 0 Å². The van der Waals surface area contributed by atoms with E-state index in [-0.39, 0.29) is 5.97 Å². The summed E-state index contributed by atoms with van der Waals surface area (Å²) in [6.07, 6.45) is 0.586. The van der Waals surface area contributed by atoms with Crippen LogP contribution in [0.15, 0.2) is 72.8 Å². The van der Waals surface area contributed by atoms with E-state index in [9.17, 15) is 4.79 Å². The molecule has 0 aliphatic carbocycles. The number of carbonyl (C=O) groups excluding carboxylic acids is 1. The lowest BCUT2D eigenvalue weighted by Crippen LogP contribution is -2.33. The molecule has 8 heteroatoms. The maximum atomic E-state index is 12.4. The topological polar surface area (TPSA) is 95.9 Å². The van der Waals surface area contributed by atoms with Gasteiger partial charge in [0, 0.05) is 28.7 Å². The van der Waals surface area contributed by atoms with Gasteiger partial charge in [0.2, 0.25) is 0 Å². The first-order valence-corrected chi connectivity index (χ1v) is 11.5. The van der Waals surface area contributed by atoms with Crippen molar-refractivity contribution in [2.75, 3.05) is 11.9 Å². The van der Waals surface area contributed by atoms with E-state index in [2.05, 4.69) is 34.8 Å². The quantitative estimate of drug-likeness (QED) is 0.382. The zero-order valence-corrected chi connectivity index (χ0v) is 17.5. The van der Waals surface area contributed by atoms with Crippen molar-refractivity contribution in [1.29, 1.82) is 0 Å². The van der Waals surface area contributed by atoms with Crippen LogP contribution in [0.25, 0.3) is 10.8 Å². The number of anilines is 1. The molecule has 0 amide bonds. The molecule has 3 aromatic rings. The maximum absolute atomic E-state index is 12.4. The molecule has 0 radical (unpaired) electrons. The minimum atomic E-state index is -4.17. The summed E-state index contributed by atoms with van der Waals surface area (Å²) in [5.74, 6) is -0.228. The van der Waals surface area contributed by atoms with E-state index in [4.69, 9.17) is 19.1 Å². The molecule has 3 N–H and O–H groups in total. The number of ether oxygens (including phenoxy) is 1. The van der Waals surface area contributed by atoms with Gasteiger partial charge in [-0.05, 0) is 23.9 Å². The van der Waals surface area contributed by atoms with Crippen molar-refractivity contribution in [3.8, 4) is 0 Å². The highest BCUT2D eigenvalue weighted by molar-refractivity contribution is 7.79. The lowest BCUT2D eigenvalue weighted by Gasteiger charge is -2.20. The highest BCUT2D eigenvalue weighted by Crippen LogP contribution is 2.39. The largest absolute Gasteiger partial charge is 0.464 e. The van der Waals surface area contributed by atoms with E-state index < -0.39 is 13.0 Å². The number of carbonyl (C=O) groups is 1. The molecule has 0 spiro atoms. The van der Waals surface area contributed by atoms with Crippen molar-refractivity contribution >= 4 is 40.6 Å². The maximum Gasteiger partial charge on any atom is 0.419 e. The lowest BCUT2D eigenvalue weighted by molar-refractivity contribution is -0.144. The summed E-state index contributed by atoms with van der Waals surface area (Å²) in [7, 11) is 0. The third kappa shape index (κ3) is 8.26. The molecule has 0 fully saturated rings. The van der Waals surface area contributed by atoms with Crippen molar-refractivity contribution in [2.24, 2.45) is 0 Å². The molecule has 0 bridgehead atoms. The standard InChI is InChI=1S/C21H21NO2.ClH2O3P/c1-2-24-21(23)20(15-16-9-4-3-5-10-16)22-19-14-8-12-17-11-6-7-13-18(17)19;1-5(2,3)4/h3-14,20,22H,2,15H2,1H3;(H2,2,3,4)/t20-;/m0./s1. The van der Waals surface area contributed by atoms with Crippen molar-refractivity contribution in [3.63, 3.8) is 0 Å². The number of hydrogen-bond donors (Lipinski definition) is 3. The van der Waals surface area contributed by atoms with Gasteiger partial charge in [0.25, 0.3) is 0 Å². The molecule has 29 heavy (non-hydrogen) atoms. The first-order chi connectivity index (χ1) is 13.8. The average Bonchev–Trinajstić information content (AvgIpc) is 2.67. The molecule has 0 heterocycles. The van der Waals surface area contributed by atoms with Gasteiger partial charge < -0.3 is 19.8 Å². The number of hydrogen-bond acceptors (Lipinski definition) is 4. The molecule has 6 nitrogen and oxygen atoms in total. The minimum Gasteiger partial charge on any atom is -0.464 e. The summed E-state index contributed by atoms with van der Waals surface area (Å²) in [5, 5.41) is 5.62. The van der Waals surface area contributed by atoms with Crippen LogP contribution in [0.5, 0.6) is 0 Å². The number of halogens is 1. The molecule has 0 aliphatic rings. The van der Waals surface area contributed by atoms with Crippen LogP contribution in [0.4, 0.5) is 5.69 Å². The average molecular weight is 436 g/mol. The van der Waals surface area contributed by atoms with Crippen LogP contribution in [-0.4, -0.2) is 28.4 Å². The Morgan fingerprint density at radius 1 is 1.03 bits per heavy atom. The SMILES string of the molecule is CCOC(=O)[C@H](Cc1ccccc1)Nc1cccc2ccccc12.O=P(O)(O)Cl. The van der Waals surface area contributed by atoms with Gasteiger partial charge in [-0.3, -0.25) is 0 Å². The molecular weight excluding hydrogens is 413 g/mol. The summed E-state index contributed by atoms with van der Waals surface area (Å²) in [6.45, 7) is -1.96. The Morgan fingerprint density at radius 3 is 2.28 bits per heavy atom. The van der Waals surface area contributed by atoms with Crippen molar-refractivity contribution in [3.05, 3.63) is 78.4 Å². The van der Waals surface area contributed by atoms with Gasteiger partial charge in [0.1, 0.15) is 6.04 Å². The van der Waals surface area contributed by atoms with Gasteiger partial charge in [-0.1, -0.05) is 66.7 Å². The van der Waals surface area contributed by atoms with Crippen LogP contribution in [0.2, 0.25) is 0 Å². The van der Waals surface area contributed by atoms with E-state index in [1.54, 1.807) is 0 Å². The molecule has 0 unspecified atom stereocenters. The zero-order valence-electron chi connectivity index (χ0n) is 15.9. The minimum absolute atomic E-state index is 0.228. The second kappa shape index (κ2) is 11.0. The normalized spacial score (nSPS) is 11.9. The summed E-state index contributed by atoms with van der Waals surface area (Å²) < 4.78 is 14.4. The Balaban J connectivity index is 0.000000537. The Morgan fingerprint density at radius 2 is 1.62 bits per heavy atom. The Labute approximate surface area is 174 Å². The number of fused-ring (bicyclic) bond motifs is 1. The number of nitrogens with one attached hydrogen (secondary N) is 1. The monoisotopic (exact) mass is 435 g/mol. The Kier molecular flexibility index (Phi) is 8.68. The van der Waals surface area contributed by atoms with Gasteiger partial charge in [-0.25, -0.2) is 9.36 Å². The predicted octanol–water partition coefficient (Wildman–Crippen LogP) is 4.74. The van der Waals surface area contributed by atoms with Gasteiger partial charge in [0.05, 0.1) is 6.61 Å². The first kappa shape index (κ1) is 22.9. The lowest BCUT2D eigenvalue weighted by atomic mass is 10.0. The van der Waals surface area contributed by atoms with Crippen LogP contribution in [-0.2, 0) is 20.5 Å². The first-order valence-electron chi connectivity index (χ1n) is 8.98. The third-order valence-corrected chi connectivity index (χ3v) is 3.97. The molecule has 0 saturated heterocycles. The van der Waals surface area contributed by atoms with E-state index in [0.717, 1.165) is 22.0 Å². The highest BCUT2D eigenvalue weighted by atomic mass is 35.7. The summed E-state index contributed by atoms with van der Waals surface area (Å²) in [5.41, 5.74) is 2.05. The summed E-state index contributed by atoms with van der Waals surface area (Å²) in [4.78, 5) is 27.2. The molecule has 0 aromatic heterocycles.